The van der Waals surface area contributed by atoms with Gasteiger partial charge < -0.3 is 5.73 Å². The van der Waals surface area contributed by atoms with Gasteiger partial charge in [0.15, 0.2) is 0 Å². The number of carbonyl (C=O) groups is 1. The molecule has 0 aliphatic heterocycles. The maximum Gasteiger partial charge on any atom is 0.217 e. The molecule has 0 aromatic heterocycles. The smallest absolute Gasteiger partial charge is 0.217 e. The number of carbonyl (C=O) groups excluding carboxylic acids is 1. The van der Waals surface area contributed by atoms with Crippen molar-refractivity contribution >= 4 is 15.7 Å². The molecule has 0 atom stereocenters. The first kappa shape index (κ1) is 22.4. The van der Waals surface area contributed by atoms with Crippen LogP contribution in [0.2, 0.25) is 0 Å². The molecule has 0 bridgehead atoms. The summed E-state index contributed by atoms with van der Waals surface area (Å²) in [6, 6.07) is 0. The van der Waals surface area contributed by atoms with Crippen molar-refractivity contribution in [1.29, 1.82) is 0 Å². The summed E-state index contributed by atoms with van der Waals surface area (Å²) in [5.74, 6) is 0.546. The zero-order chi connectivity index (χ0) is 17.4. The predicted molar refractivity (Wildman–Crippen MR) is 98.2 cm³/mol. The summed E-state index contributed by atoms with van der Waals surface area (Å²) in [6.45, 7) is 2.09. The molecule has 0 aliphatic rings. The maximum atomic E-state index is 11.8. The van der Waals surface area contributed by atoms with E-state index < -0.39 is 9.84 Å². The third kappa shape index (κ3) is 17.6. The van der Waals surface area contributed by atoms with E-state index >= 15 is 0 Å². The molecule has 0 saturated carbocycles. The lowest BCUT2D eigenvalue weighted by molar-refractivity contribution is -0.118. The summed E-state index contributed by atoms with van der Waals surface area (Å²) in [4.78, 5) is 10.6. The van der Waals surface area contributed by atoms with Crippen LogP contribution in [-0.4, -0.2) is 25.8 Å². The van der Waals surface area contributed by atoms with Crippen LogP contribution in [0, 0.1) is 0 Å². The Bertz CT molecular complexity index is 380. The van der Waals surface area contributed by atoms with E-state index in [1.165, 1.54) is 32.1 Å². The van der Waals surface area contributed by atoms with Crippen molar-refractivity contribution in [2.24, 2.45) is 5.73 Å². The van der Waals surface area contributed by atoms with Gasteiger partial charge in [-0.1, -0.05) is 71.1 Å². The number of hydrogen-bond acceptors (Lipinski definition) is 3. The number of primary amides is 1. The Hall–Kier alpha value is -0.580. The number of amides is 1. The second-order valence-corrected chi connectivity index (χ2v) is 8.91. The van der Waals surface area contributed by atoms with Gasteiger partial charge in [0.1, 0.15) is 9.84 Å². The van der Waals surface area contributed by atoms with Crippen LogP contribution in [-0.2, 0) is 14.6 Å². The number of nitrogens with two attached hydrogens (primary N) is 1. The highest BCUT2D eigenvalue weighted by atomic mass is 32.2. The Morgan fingerprint density at radius 1 is 0.696 bits per heavy atom. The summed E-state index contributed by atoms with van der Waals surface area (Å²) >= 11 is 0. The van der Waals surface area contributed by atoms with Gasteiger partial charge in [-0.15, -0.1) is 0 Å². The van der Waals surface area contributed by atoms with Gasteiger partial charge in [0.05, 0.1) is 11.5 Å². The lowest BCUT2D eigenvalue weighted by Gasteiger charge is -2.04. The number of sulfone groups is 1. The molecule has 0 fully saturated rings. The van der Waals surface area contributed by atoms with Crippen LogP contribution in [0.1, 0.15) is 96.8 Å². The van der Waals surface area contributed by atoms with Crippen LogP contribution in [0.25, 0.3) is 0 Å². The molecule has 0 unspecified atom stereocenters. The van der Waals surface area contributed by atoms with Crippen molar-refractivity contribution in [3.63, 3.8) is 0 Å². The normalized spacial score (nSPS) is 11.7. The molecular formula is C18H37NO3S. The number of unbranched alkanes of at least 4 members (excludes halogenated alkanes) is 11. The molecule has 23 heavy (non-hydrogen) atoms. The van der Waals surface area contributed by atoms with Crippen LogP contribution < -0.4 is 5.73 Å². The highest BCUT2D eigenvalue weighted by Gasteiger charge is 2.09. The van der Waals surface area contributed by atoms with Crippen molar-refractivity contribution in [3.05, 3.63) is 0 Å². The second-order valence-electron chi connectivity index (χ2n) is 6.61. The zero-order valence-electron chi connectivity index (χ0n) is 15.0. The second kappa shape index (κ2) is 15.0. The molecule has 0 heterocycles. The minimum absolute atomic E-state index is 0.197. The first-order valence-electron chi connectivity index (χ1n) is 9.46. The van der Waals surface area contributed by atoms with Crippen LogP contribution in [0.3, 0.4) is 0 Å². The van der Waals surface area contributed by atoms with Gasteiger partial charge in [0.25, 0.3) is 0 Å². The Morgan fingerprint density at radius 2 is 1.09 bits per heavy atom. The molecule has 1 amide bonds. The molecule has 0 aromatic carbocycles. The summed E-state index contributed by atoms with van der Waals surface area (Å²) in [5, 5.41) is 0. The standard InChI is InChI=1S/C18H37NO3S/c1-2-3-13-16-23(21,22)17-14-11-9-7-5-4-6-8-10-12-15-18(19)20/h2-17H2,1H3,(H2,19,20). The number of hydrogen-bond donors (Lipinski definition) is 1. The molecular weight excluding hydrogens is 310 g/mol. The molecule has 0 radical (unpaired) electrons. The van der Waals surface area contributed by atoms with Crippen molar-refractivity contribution < 1.29 is 13.2 Å². The van der Waals surface area contributed by atoms with E-state index in [-0.39, 0.29) is 5.91 Å². The molecule has 0 saturated heterocycles. The highest BCUT2D eigenvalue weighted by Crippen LogP contribution is 2.12. The van der Waals surface area contributed by atoms with E-state index in [0.29, 0.717) is 17.9 Å². The first-order chi connectivity index (χ1) is 11.0. The van der Waals surface area contributed by atoms with Crippen molar-refractivity contribution in [1.82, 2.24) is 0 Å². The van der Waals surface area contributed by atoms with Gasteiger partial charge in [0, 0.05) is 6.42 Å². The van der Waals surface area contributed by atoms with E-state index in [1.807, 2.05) is 0 Å². The van der Waals surface area contributed by atoms with E-state index in [0.717, 1.165) is 51.4 Å². The van der Waals surface area contributed by atoms with Crippen molar-refractivity contribution in [2.45, 2.75) is 96.8 Å². The molecule has 0 rings (SSSR count). The lowest BCUT2D eigenvalue weighted by atomic mass is 10.1. The van der Waals surface area contributed by atoms with E-state index in [9.17, 15) is 13.2 Å². The summed E-state index contributed by atoms with van der Waals surface area (Å²) < 4.78 is 23.6. The van der Waals surface area contributed by atoms with Gasteiger partial charge in [0.2, 0.25) is 5.91 Å². The Labute approximate surface area is 143 Å². The Kier molecular flexibility index (Phi) is 14.6. The quantitative estimate of drug-likeness (QED) is 0.397. The van der Waals surface area contributed by atoms with Crippen LogP contribution >= 0.6 is 0 Å². The van der Waals surface area contributed by atoms with Crippen LogP contribution in [0.15, 0.2) is 0 Å². The van der Waals surface area contributed by atoms with Crippen molar-refractivity contribution in [3.8, 4) is 0 Å². The SMILES string of the molecule is CCCCCS(=O)(=O)CCCCCCCCCCCCC(N)=O. The van der Waals surface area contributed by atoms with Crippen LogP contribution in [0.5, 0.6) is 0 Å². The fourth-order valence-electron chi connectivity index (χ4n) is 2.71. The minimum Gasteiger partial charge on any atom is -0.370 e. The summed E-state index contributed by atoms with van der Waals surface area (Å²) in [6.07, 6.45) is 14.5. The summed E-state index contributed by atoms with van der Waals surface area (Å²) in [7, 11) is -2.80. The summed E-state index contributed by atoms with van der Waals surface area (Å²) in [5.41, 5.74) is 5.09. The molecule has 2 N–H and O–H groups in total. The van der Waals surface area contributed by atoms with E-state index in [4.69, 9.17) is 5.73 Å². The maximum absolute atomic E-state index is 11.8. The Balaban J connectivity index is 3.28. The fourth-order valence-corrected chi connectivity index (χ4v) is 4.20. The number of rotatable bonds is 17. The average Bonchev–Trinajstić information content (AvgIpc) is 2.48. The van der Waals surface area contributed by atoms with Gasteiger partial charge >= 0.3 is 0 Å². The van der Waals surface area contributed by atoms with Gasteiger partial charge in [-0.2, -0.15) is 0 Å². The predicted octanol–water partition coefficient (Wildman–Crippen LogP) is 4.37. The monoisotopic (exact) mass is 347 g/mol. The van der Waals surface area contributed by atoms with Gasteiger partial charge in [-0.25, -0.2) is 8.42 Å². The molecule has 138 valence electrons. The Morgan fingerprint density at radius 3 is 1.52 bits per heavy atom. The molecule has 4 nitrogen and oxygen atoms in total. The van der Waals surface area contributed by atoms with Crippen LogP contribution in [0.4, 0.5) is 0 Å². The molecule has 0 spiro atoms. The van der Waals surface area contributed by atoms with Gasteiger partial charge in [-0.3, -0.25) is 4.79 Å². The third-order valence-corrected chi connectivity index (χ3v) is 6.01. The van der Waals surface area contributed by atoms with E-state index in [1.54, 1.807) is 0 Å². The first-order valence-corrected chi connectivity index (χ1v) is 11.3. The molecule has 0 aromatic rings. The van der Waals surface area contributed by atoms with Crippen molar-refractivity contribution in [2.75, 3.05) is 11.5 Å². The van der Waals surface area contributed by atoms with Gasteiger partial charge in [-0.05, 0) is 19.3 Å². The minimum atomic E-state index is -2.80. The average molecular weight is 348 g/mol. The zero-order valence-corrected chi connectivity index (χ0v) is 15.8. The largest absolute Gasteiger partial charge is 0.370 e. The fraction of sp³-hybridized carbons (Fsp3) is 0.944. The highest BCUT2D eigenvalue weighted by molar-refractivity contribution is 7.91. The third-order valence-electron chi connectivity index (χ3n) is 4.19. The lowest BCUT2D eigenvalue weighted by Crippen LogP contribution is -2.11. The molecule has 0 aliphatic carbocycles. The topological polar surface area (TPSA) is 77.2 Å². The molecule has 5 heteroatoms. The van der Waals surface area contributed by atoms with E-state index in [2.05, 4.69) is 6.92 Å².